The van der Waals surface area contributed by atoms with Crippen LogP contribution in [0.25, 0.3) is 11.5 Å². The third-order valence-electron chi connectivity index (χ3n) is 6.68. The SMILES string of the molecule is CO[C@H]1CCN(C(=O)c2ccc3c(c2)CN(c2cccc(-c4nncn4C4CC4)n2)C3=O)C1. The monoisotopic (exact) mass is 444 g/mol. The van der Waals surface area contributed by atoms with E-state index in [1.165, 1.54) is 0 Å². The van der Waals surface area contributed by atoms with Gasteiger partial charge in [-0.1, -0.05) is 6.07 Å². The number of carbonyl (C=O) groups excluding carboxylic acids is 2. The van der Waals surface area contributed by atoms with Crippen molar-refractivity contribution in [1.82, 2.24) is 24.6 Å². The third-order valence-corrected chi connectivity index (χ3v) is 6.68. The highest BCUT2D eigenvalue weighted by molar-refractivity contribution is 6.10. The Morgan fingerprint density at radius 2 is 2.03 bits per heavy atom. The Balaban J connectivity index is 1.25. The smallest absolute Gasteiger partial charge is 0.260 e. The van der Waals surface area contributed by atoms with Crippen LogP contribution in [0.3, 0.4) is 0 Å². The summed E-state index contributed by atoms with van der Waals surface area (Å²) in [5.74, 6) is 1.14. The molecule has 1 saturated heterocycles. The second-order valence-corrected chi connectivity index (χ2v) is 8.83. The molecule has 0 spiro atoms. The van der Waals surface area contributed by atoms with Crippen LogP contribution in [-0.4, -0.2) is 62.8 Å². The summed E-state index contributed by atoms with van der Waals surface area (Å²) in [6.07, 6.45) is 4.91. The number of amides is 2. The molecule has 0 bridgehead atoms. The number of ether oxygens (including phenoxy) is 1. The standard InChI is InChI=1S/C24H24N6O3/c1-33-18-9-10-28(13-18)23(31)15-5-8-19-16(11-15)12-29(24(19)32)21-4-2-3-20(26-21)22-27-25-14-30(22)17-6-7-17/h2-5,8,11,14,17-18H,6-7,9-10,12-13H2,1H3/t18-/m0/s1. The number of rotatable bonds is 5. The van der Waals surface area contributed by atoms with E-state index in [4.69, 9.17) is 9.72 Å². The first-order valence-electron chi connectivity index (χ1n) is 11.3. The van der Waals surface area contributed by atoms with E-state index in [0.717, 1.165) is 30.7 Å². The minimum absolute atomic E-state index is 0.0252. The Morgan fingerprint density at radius 1 is 1.15 bits per heavy atom. The number of likely N-dealkylation sites (tertiary alicyclic amines) is 1. The highest BCUT2D eigenvalue weighted by Gasteiger charge is 2.33. The molecule has 2 fully saturated rings. The van der Waals surface area contributed by atoms with Crippen molar-refractivity contribution in [1.29, 1.82) is 0 Å². The Hall–Kier alpha value is -3.59. The Labute approximate surface area is 191 Å². The zero-order chi connectivity index (χ0) is 22.5. The first-order chi connectivity index (χ1) is 16.1. The van der Waals surface area contributed by atoms with Gasteiger partial charge in [0.25, 0.3) is 11.8 Å². The second-order valence-electron chi connectivity index (χ2n) is 8.83. The molecule has 4 heterocycles. The number of aromatic nitrogens is 4. The average Bonchev–Trinajstić information content (AvgIpc) is 3.24. The van der Waals surface area contributed by atoms with Gasteiger partial charge in [-0.2, -0.15) is 0 Å². The maximum atomic E-state index is 13.1. The zero-order valence-electron chi connectivity index (χ0n) is 18.3. The van der Waals surface area contributed by atoms with Crippen molar-refractivity contribution in [2.45, 2.75) is 38.0 Å². The molecule has 6 rings (SSSR count). The van der Waals surface area contributed by atoms with Crippen molar-refractivity contribution in [3.8, 4) is 11.5 Å². The summed E-state index contributed by atoms with van der Waals surface area (Å²) in [7, 11) is 1.67. The van der Waals surface area contributed by atoms with Crippen molar-refractivity contribution in [3.63, 3.8) is 0 Å². The fourth-order valence-electron chi connectivity index (χ4n) is 4.67. The van der Waals surface area contributed by atoms with Gasteiger partial charge < -0.3 is 14.2 Å². The Kier molecular flexibility index (Phi) is 4.72. The van der Waals surface area contributed by atoms with E-state index in [-0.39, 0.29) is 17.9 Å². The molecule has 3 aromatic rings. The number of anilines is 1. The van der Waals surface area contributed by atoms with Crippen LogP contribution in [0.5, 0.6) is 0 Å². The quantitative estimate of drug-likeness (QED) is 0.601. The molecule has 168 valence electrons. The summed E-state index contributed by atoms with van der Waals surface area (Å²) in [6, 6.07) is 11.4. The minimum Gasteiger partial charge on any atom is -0.380 e. The normalized spacial score (nSPS) is 19.9. The molecular formula is C24H24N6O3. The van der Waals surface area contributed by atoms with Gasteiger partial charge in [0.1, 0.15) is 17.8 Å². The van der Waals surface area contributed by atoms with Gasteiger partial charge in [-0.25, -0.2) is 4.98 Å². The average molecular weight is 444 g/mol. The van der Waals surface area contributed by atoms with Crippen molar-refractivity contribution in [2.75, 3.05) is 25.1 Å². The summed E-state index contributed by atoms with van der Waals surface area (Å²) in [6.45, 7) is 1.66. The third kappa shape index (κ3) is 3.48. The van der Waals surface area contributed by atoms with Gasteiger partial charge in [0.15, 0.2) is 5.82 Å². The van der Waals surface area contributed by atoms with Crippen molar-refractivity contribution in [3.05, 3.63) is 59.4 Å². The number of benzene rings is 1. The molecule has 1 aliphatic carbocycles. The number of nitrogens with zero attached hydrogens (tertiary/aromatic N) is 6. The number of methoxy groups -OCH3 is 1. The van der Waals surface area contributed by atoms with E-state index in [9.17, 15) is 9.59 Å². The summed E-state index contributed by atoms with van der Waals surface area (Å²) < 4.78 is 7.43. The number of hydrogen-bond donors (Lipinski definition) is 0. The van der Waals surface area contributed by atoms with Crippen LogP contribution in [0.2, 0.25) is 0 Å². The predicted octanol–water partition coefficient (Wildman–Crippen LogP) is 2.70. The lowest BCUT2D eigenvalue weighted by Crippen LogP contribution is -2.30. The molecular weight excluding hydrogens is 420 g/mol. The van der Waals surface area contributed by atoms with Gasteiger partial charge in [-0.3, -0.25) is 14.5 Å². The van der Waals surface area contributed by atoms with Crippen LogP contribution in [0.4, 0.5) is 5.82 Å². The second kappa shape index (κ2) is 7.77. The van der Waals surface area contributed by atoms with E-state index < -0.39 is 0 Å². The fourth-order valence-corrected chi connectivity index (χ4v) is 4.67. The molecule has 0 radical (unpaired) electrons. The Morgan fingerprint density at radius 3 is 2.82 bits per heavy atom. The van der Waals surface area contributed by atoms with Gasteiger partial charge >= 0.3 is 0 Å². The largest absolute Gasteiger partial charge is 0.380 e. The molecule has 1 aromatic carbocycles. The topological polar surface area (TPSA) is 93.4 Å². The number of hydrogen-bond acceptors (Lipinski definition) is 6. The molecule has 0 unspecified atom stereocenters. The highest BCUT2D eigenvalue weighted by atomic mass is 16.5. The van der Waals surface area contributed by atoms with Crippen molar-refractivity contribution >= 4 is 17.6 Å². The molecule has 9 nitrogen and oxygen atoms in total. The van der Waals surface area contributed by atoms with E-state index in [0.29, 0.717) is 48.3 Å². The fraction of sp³-hybridized carbons (Fsp3) is 0.375. The van der Waals surface area contributed by atoms with Crippen LogP contribution in [-0.2, 0) is 11.3 Å². The molecule has 2 aliphatic heterocycles. The first-order valence-corrected chi connectivity index (χ1v) is 11.3. The lowest BCUT2D eigenvalue weighted by molar-refractivity contribution is 0.0724. The Bertz CT molecular complexity index is 1250. The number of fused-ring (bicyclic) bond motifs is 1. The van der Waals surface area contributed by atoms with E-state index >= 15 is 0 Å². The zero-order valence-corrected chi connectivity index (χ0v) is 18.3. The van der Waals surface area contributed by atoms with Crippen LogP contribution >= 0.6 is 0 Å². The van der Waals surface area contributed by atoms with Gasteiger partial charge in [0.2, 0.25) is 0 Å². The summed E-state index contributed by atoms with van der Waals surface area (Å²) in [4.78, 5) is 34.3. The van der Waals surface area contributed by atoms with Gasteiger partial charge in [0, 0.05) is 37.4 Å². The van der Waals surface area contributed by atoms with Crippen LogP contribution in [0.1, 0.15) is 51.6 Å². The van der Waals surface area contributed by atoms with Crippen LogP contribution in [0.15, 0.2) is 42.7 Å². The van der Waals surface area contributed by atoms with Crippen LogP contribution in [0, 0.1) is 0 Å². The lowest BCUT2D eigenvalue weighted by Gasteiger charge is -2.16. The molecule has 9 heteroatoms. The summed E-state index contributed by atoms with van der Waals surface area (Å²) >= 11 is 0. The minimum atomic E-state index is -0.113. The molecule has 2 aromatic heterocycles. The maximum absolute atomic E-state index is 13.1. The number of pyridine rings is 1. The van der Waals surface area contributed by atoms with E-state index in [1.807, 2.05) is 29.2 Å². The van der Waals surface area contributed by atoms with Gasteiger partial charge in [-0.05, 0) is 55.2 Å². The van der Waals surface area contributed by atoms with Gasteiger partial charge in [-0.15, -0.1) is 10.2 Å². The maximum Gasteiger partial charge on any atom is 0.260 e. The van der Waals surface area contributed by atoms with Gasteiger partial charge in [0.05, 0.1) is 12.6 Å². The lowest BCUT2D eigenvalue weighted by atomic mass is 10.1. The summed E-state index contributed by atoms with van der Waals surface area (Å²) in [5.41, 5.74) is 2.73. The van der Waals surface area contributed by atoms with E-state index in [2.05, 4.69) is 14.8 Å². The molecule has 1 saturated carbocycles. The highest BCUT2D eigenvalue weighted by Crippen LogP contribution is 2.37. The first kappa shape index (κ1) is 20.0. The predicted molar refractivity (Wildman–Crippen MR) is 120 cm³/mol. The number of carbonyl (C=O) groups is 2. The van der Waals surface area contributed by atoms with E-state index in [1.54, 1.807) is 30.5 Å². The molecule has 2 amide bonds. The molecule has 33 heavy (non-hydrogen) atoms. The van der Waals surface area contributed by atoms with Crippen molar-refractivity contribution in [2.24, 2.45) is 0 Å². The molecule has 0 N–H and O–H groups in total. The molecule has 3 aliphatic rings. The molecule has 1 atom stereocenters. The summed E-state index contributed by atoms with van der Waals surface area (Å²) in [5, 5.41) is 8.30. The van der Waals surface area contributed by atoms with Crippen LogP contribution < -0.4 is 4.90 Å². The van der Waals surface area contributed by atoms with Crippen molar-refractivity contribution < 1.29 is 14.3 Å².